The zero-order valence-electron chi connectivity index (χ0n) is 11.2. The molecule has 1 aromatic heterocycles. The third kappa shape index (κ3) is 3.25. The molecule has 0 fully saturated rings. The Morgan fingerprint density at radius 1 is 1.19 bits per heavy atom. The first-order chi connectivity index (χ1) is 10.2. The van der Waals surface area contributed by atoms with Gasteiger partial charge < -0.3 is 9.73 Å². The maximum atomic E-state index is 13.0. The van der Waals surface area contributed by atoms with Crippen molar-refractivity contribution in [2.24, 2.45) is 0 Å². The molecular weight excluding hydrogens is 271 g/mol. The molecule has 1 amide bonds. The molecule has 2 aromatic carbocycles. The van der Waals surface area contributed by atoms with Crippen LogP contribution >= 0.6 is 0 Å². The minimum Gasteiger partial charge on any atom is -0.439 e. The van der Waals surface area contributed by atoms with Crippen molar-refractivity contribution in [3.8, 4) is 0 Å². The van der Waals surface area contributed by atoms with Gasteiger partial charge >= 0.3 is 0 Å². The molecule has 5 heteroatoms. The highest BCUT2D eigenvalue weighted by atomic mass is 19.1. The van der Waals surface area contributed by atoms with Crippen LogP contribution < -0.4 is 5.32 Å². The molecule has 0 unspecified atom stereocenters. The van der Waals surface area contributed by atoms with Crippen LogP contribution in [0.5, 0.6) is 0 Å². The second-order valence-corrected chi connectivity index (χ2v) is 4.66. The average Bonchev–Trinajstić information content (AvgIpc) is 2.88. The molecule has 1 N–H and O–H groups in total. The molecule has 106 valence electrons. The van der Waals surface area contributed by atoms with Gasteiger partial charge in [-0.05, 0) is 29.8 Å². The molecule has 4 nitrogen and oxygen atoms in total. The van der Waals surface area contributed by atoms with Gasteiger partial charge in [0.05, 0.1) is 13.0 Å². The van der Waals surface area contributed by atoms with Crippen molar-refractivity contribution in [1.29, 1.82) is 0 Å². The monoisotopic (exact) mass is 284 g/mol. The quantitative estimate of drug-likeness (QED) is 0.801. The number of aromatic nitrogens is 1. The first kappa shape index (κ1) is 13.3. The van der Waals surface area contributed by atoms with E-state index in [0.717, 1.165) is 5.52 Å². The summed E-state index contributed by atoms with van der Waals surface area (Å²) in [6.45, 7) is 0.211. The van der Waals surface area contributed by atoms with Crippen molar-refractivity contribution < 1.29 is 13.6 Å². The van der Waals surface area contributed by atoms with Crippen molar-refractivity contribution in [3.05, 3.63) is 65.8 Å². The first-order valence-corrected chi connectivity index (χ1v) is 6.56. The van der Waals surface area contributed by atoms with E-state index in [4.69, 9.17) is 4.42 Å². The molecule has 0 bridgehead atoms. The molecule has 0 atom stereocenters. The second-order valence-electron chi connectivity index (χ2n) is 4.66. The van der Waals surface area contributed by atoms with Gasteiger partial charge in [0.25, 0.3) is 0 Å². The summed E-state index contributed by atoms with van der Waals surface area (Å²) in [4.78, 5) is 16.1. The highest BCUT2D eigenvalue weighted by Gasteiger charge is 2.08. The van der Waals surface area contributed by atoms with Crippen molar-refractivity contribution >= 4 is 17.0 Å². The molecule has 3 aromatic rings. The Bertz CT molecular complexity index is 750. The fraction of sp³-hybridized carbons (Fsp3) is 0.125. The standard InChI is InChI=1S/C16H13FN2O2/c17-12-5-3-4-11(8-12)9-15(20)18-10-16-19-13-6-1-2-7-14(13)21-16/h1-8H,9-10H2,(H,18,20). The van der Waals surface area contributed by atoms with E-state index in [1.165, 1.54) is 12.1 Å². The largest absolute Gasteiger partial charge is 0.439 e. The van der Waals surface area contributed by atoms with Crippen LogP contribution in [0.3, 0.4) is 0 Å². The summed E-state index contributed by atoms with van der Waals surface area (Å²) in [5, 5.41) is 2.71. The summed E-state index contributed by atoms with van der Waals surface area (Å²) < 4.78 is 18.5. The SMILES string of the molecule is O=C(Cc1cccc(F)c1)NCc1nc2ccccc2o1. The Kier molecular flexibility index (Phi) is 3.64. The lowest BCUT2D eigenvalue weighted by Gasteiger charge is -2.03. The number of fused-ring (bicyclic) bond motifs is 1. The Hall–Kier alpha value is -2.69. The number of hydrogen-bond donors (Lipinski definition) is 1. The van der Waals surface area contributed by atoms with Gasteiger partial charge in [0.15, 0.2) is 5.58 Å². The molecule has 0 aliphatic rings. The van der Waals surface area contributed by atoms with E-state index >= 15 is 0 Å². The van der Waals surface area contributed by atoms with Crippen molar-refractivity contribution in [1.82, 2.24) is 10.3 Å². The fourth-order valence-electron chi connectivity index (χ4n) is 2.06. The molecular formula is C16H13FN2O2. The number of nitrogens with zero attached hydrogens (tertiary/aromatic N) is 1. The molecule has 0 radical (unpaired) electrons. The van der Waals surface area contributed by atoms with Crippen LogP contribution in [0, 0.1) is 5.82 Å². The van der Waals surface area contributed by atoms with Crippen LogP contribution in [-0.2, 0) is 17.8 Å². The number of hydrogen-bond acceptors (Lipinski definition) is 3. The average molecular weight is 284 g/mol. The lowest BCUT2D eigenvalue weighted by molar-refractivity contribution is -0.120. The van der Waals surface area contributed by atoms with Gasteiger partial charge in [-0.2, -0.15) is 0 Å². The summed E-state index contributed by atoms with van der Waals surface area (Å²) in [7, 11) is 0. The normalized spacial score (nSPS) is 10.7. The molecule has 3 rings (SSSR count). The number of rotatable bonds is 4. The van der Waals surface area contributed by atoms with Gasteiger partial charge in [-0.1, -0.05) is 24.3 Å². The van der Waals surface area contributed by atoms with Gasteiger partial charge in [-0.3, -0.25) is 4.79 Å². The number of carbonyl (C=O) groups excluding carboxylic acids is 1. The summed E-state index contributed by atoms with van der Waals surface area (Å²) in [5.74, 6) is -0.106. The van der Waals surface area contributed by atoms with Gasteiger partial charge in [0, 0.05) is 0 Å². The summed E-state index contributed by atoms with van der Waals surface area (Å²) in [5.41, 5.74) is 2.07. The number of carbonyl (C=O) groups is 1. The zero-order chi connectivity index (χ0) is 14.7. The second kappa shape index (κ2) is 5.75. The molecule has 0 saturated carbocycles. The molecule has 1 heterocycles. The van der Waals surface area contributed by atoms with Crippen LogP contribution in [0.2, 0.25) is 0 Å². The minimum absolute atomic E-state index is 0.123. The van der Waals surface area contributed by atoms with E-state index in [1.54, 1.807) is 12.1 Å². The van der Waals surface area contributed by atoms with E-state index in [-0.39, 0.29) is 24.7 Å². The van der Waals surface area contributed by atoms with E-state index in [0.29, 0.717) is 17.0 Å². The highest BCUT2D eigenvalue weighted by Crippen LogP contribution is 2.14. The number of halogens is 1. The predicted molar refractivity (Wildman–Crippen MR) is 76.0 cm³/mol. The van der Waals surface area contributed by atoms with Gasteiger partial charge in [-0.15, -0.1) is 0 Å². The van der Waals surface area contributed by atoms with E-state index in [9.17, 15) is 9.18 Å². The summed E-state index contributed by atoms with van der Waals surface area (Å²) >= 11 is 0. The van der Waals surface area contributed by atoms with Gasteiger partial charge in [0.2, 0.25) is 11.8 Å². The number of para-hydroxylation sites is 2. The molecule has 0 spiro atoms. The van der Waals surface area contributed by atoms with E-state index in [1.807, 2.05) is 24.3 Å². The Morgan fingerprint density at radius 2 is 2.05 bits per heavy atom. The van der Waals surface area contributed by atoms with Crippen LogP contribution in [0.1, 0.15) is 11.5 Å². The van der Waals surface area contributed by atoms with Crippen LogP contribution in [0.4, 0.5) is 4.39 Å². The first-order valence-electron chi connectivity index (χ1n) is 6.56. The maximum Gasteiger partial charge on any atom is 0.224 e. The van der Waals surface area contributed by atoms with E-state index < -0.39 is 0 Å². The number of benzene rings is 2. The molecule has 0 aliphatic heterocycles. The van der Waals surface area contributed by atoms with Crippen molar-refractivity contribution in [2.45, 2.75) is 13.0 Å². The lowest BCUT2D eigenvalue weighted by Crippen LogP contribution is -2.24. The smallest absolute Gasteiger partial charge is 0.224 e. The Balaban J connectivity index is 1.60. The molecule has 21 heavy (non-hydrogen) atoms. The van der Waals surface area contributed by atoms with Crippen molar-refractivity contribution in [3.63, 3.8) is 0 Å². The predicted octanol–water partition coefficient (Wildman–Crippen LogP) is 2.83. The van der Waals surface area contributed by atoms with Crippen LogP contribution in [-0.4, -0.2) is 10.9 Å². The number of amides is 1. The maximum absolute atomic E-state index is 13.0. The van der Waals surface area contributed by atoms with Gasteiger partial charge in [0.1, 0.15) is 11.3 Å². The third-order valence-electron chi connectivity index (χ3n) is 3.03. The summed E-state index contributed by atoms with van der Waals surface area (Å²) in [6, 6.07) is 13.4. The van der Waals surface area contributed by atoms with E-state index in [2.05, 4.69) is 10.3 Å². The van der Waals surface area contributed by atoms with Crippen molar-refractivity contribution in [2.75, 3.05) is 0 Å². The van der Waals surface area contributed by atoms with Crippen LogP contribution in [0.15, 0.2) is 52.9 Å². The minimum atomic E-state index is -0.348. The Morgan fingerprint density at radius 3 is 2.86 bits per heavy atom. The highest BCUT2D eigenvalue weighted by molar-refractivity contribution is 5.78. The van der Waals surface area contributed by atoms with Gasteiger partial charge in [-0.25, -0.2) is 9.37 Å². The topological polar surface area (TPSA) is 55.1 Å². The number of oxazole rings is 1. The lowest BCUT2D eigenvalue weighted by atomic mass is 10.1. The third-order valence-corrected chi connectivity index (χ3v) is 3.03. The fourth-order valence-corrected chi connectivity index (χ4v) is 2.06. The van der Waals surface area contributed by atoms with Crippen LogP contribution in [0.25, 0.3) is 11.1 Å². The summed E-state index contributed by atoms with van der Waals surface area (Å²) in [6.07, 6.45) is 0.123. The molecule has 0 saturated heterocycles. The molecule has 0 aliphatic carbocycles. The zero-order valence-corrected chi connectivity index (χ0v) is 11.2. The number of nitrogens with one attached hydrogen (secondary N) is 1. The Labute approximate surface area is 120 Å².